The maximum absolute atomic E-state index is 12.5. The number of nitrogens with one attached hydrogen (secondary N) is 1. The van der Waals surface area contributed by atoms with Crippen molar-refractivity contribution in [3.05, 3.63) is 23.9 Å². The SMILES string of the molecule is O=C(NCCC(=O)N1CCOCC1)c1cccnc1N1CCCCC1. The van der Waals surface area contributed by atoms with E-state index in [-0.39, 0.29) is 11.8 Å². The van der Waals surface area contributed by atoms with Gasteiger partial charge in [-0.05, 0) is 31.4 Å². The Hall–Kier alpha value is -2.15. The summed E-state index contributed by atoms with van der Waals surface area (Å²) in [6.45, 7) is 4.66. The molecule has 0 aromatic carbocycles. The Morgan fingerprint density at radius 3 is 2.64 bits per heavy atom. The van der Waals surface area contributed by atoms with Gasteiger partial charge in [0.15, 0.2) is 0 Å². The van der Waals surface area contributed by atoms with Crippen LogP contribution in [0, 0.1) is 0 Å². The van der Waals surface area contributed by atoms with Crippen LogP contribution in [0.5, 0.6) is 0 Å². The number of pyridine rings is 1. The van der Waals surface area contributed by atoms with Crippen LogP contribution in [0.1, 0.15) is 36.0 Å². The molecule has 1 N–H and O–H groups in total. The lowest BCUT2D eigenvalue weighted by atomic mass is 10.1. The fourth-order valence-corrected chi connectivity index (χ4v) is 3.28. The van der Waals surface area contributed by atoms with Crippen molar-refractivity contribution in [1.29, 1.82) is 0 Å². The van der Waals surface area contributed by atoms with Gasteiger partial charge >= 0.3 is 0 Å². The molecule has 0 aliphatic carbocycles. The zero-order valence-electron chi connectivity index (χ0n) is 14.6. The highest BCUT2D eigenvalue weighted by Crippen LogP contribution is 2.21. The molecule has 136 valence electrons. The zero-order chi connectivity index (χ0) is 17.5. The van der Waals surface area contributed by atoms with Crippen molar-refractivity contribution in [2.75, 3.05) is 50.8 Å². The van der Waals surface area contributed by atoms with E-state index in [4.69, 9.17) is 4.74 Å². The fraction of sp³-hybridized carbons (Fsp3) is 0.611. The Morgan fingerprint density at radius 1 is 1.12 bits per heavy atom. The number of amides is 2. The number of aromatic nitrogens is 1. The molecule has 2 amide bonds. The fourth-order valence-electron chi connectivity index (χ4n) is 3.28. The van der Waals surface area contributed by atoms with Crippen molar-refractivity contribution in [3.8, 4) is 0 Å². The molecular formula is C18H26N4O3. The molecule has 7 nitrogen and oxygen atoms in total. The van der Waals surface area contributed by atoms with E-state index in [1.54, 1.807) is 23.2 Å². The summed E-state index contributed by atoms with van der Waals surface area (Å²) in [4.78, 5) is 33.1. The highest BCUT2D eigenvalue weighted by atomic mass is 16.5. The van der Waals surface area contributed by atoms with Gasteiger partial charge < -0.3 is 19.9 Å². The predicted molar refractivity (Wildman–Crippen MR) is 94.7 cm³/mol. The Labute approximate surface area is 148 Å². The topological polar surface area (TPSA) is 74.8 Å². The van der Waals surface area contributed by atoms with Crippen molar-refractivity contribution in [1.82, 2.24) is 15.2 Å². The first-order valence-corrected chi connectivity index (χ1v) is 9.09. The first kappa shape index (κ1) is 17.7. The number of hydrogen-bond acceptors (Lipinski definition) is 5. The molecule has 0 bridgehead atoms. The Bertz CT molecular complexity index is 596. The van der Waals surface area contributed by atoms with Crippen LogP contribution in [-0.4, -0.2) is 67.6 Å². The zero-order valence-corrected chi connectivity index (χ0v) is 14.6. The van der Waals surface area contributed by atoms with Crippen molar-refractivity contribution in [2.45, 2.75) is 25.7 Å². The molecule has 0 unspecified atom stereocenters. The number of hydrogen-bond donors (Lipinski definition) is 1. The van der Waals surface area contributed by atoms with E-state index in [0.717, 1.165) is 31.7 Å². The minimum atomic E-state index is -0.163. The summed E-state index contributed by atoms with van der Waals surface area (Å²) in [5.74, 6) is 0.647. The molecule has 2 aliphatic rings. The molecule has 1 aromatic rings. The van der Waals surface area contributed by atoms with Gasteiger partial charge in [-0.1, -0.05) is 0 Å². The molecule has 25 heavy (non-hydrogen) atoms. The second-order valence-electron chi connectivity index (χ2n) is 6.42. The number of anilines is 1. The van der Waals surface area contributed by atoms with E-state index in [2.05, 4.69) is 15.2 Å². The van der Waals surface area contributed by atoms with Gasteiger partial charge in [0.2, 0.25) is 5.91 Å². The maximum atomic E-state index is 12.5. The molecule has 3 rings (SSSR count). The maximum Gasteiger partial charge on any atom is 0.255 e. The first-order chi connectivity index (χ1) is 12.3. The Balaban J connectivity index is 1.53. The van der Waals surface area contributed by atoms with Gasteiger partial charge in [-0.15, -0.1) is 0 Å². The van der Waals surface area contributed by atoms with Crippen LogP contribution in [0.3, 0.4) is 0 Å². The number of rotatable bonds is 5. The van der Waals surface area contributed by atoms with Crippen LogP contribution in [0.15, 0.2) is 18.3 Å². The number of nitrogens with zero attached hydrogens (tertiary/aromatic N) is 3. The lowest BCUT2D eigenvalue weighted by Crippen LogP contribution is -2.42. The summed E-state index contributed by atoms with van der Waals surface area (Å²) in [7, 11) is 0. The summed E-state index contributed by atoms with van der Waals surface area (Å²) in [5.41, 5.74) is 0.586. The highest BCUT2D eigenvalue weighted by molar-refractivity contribution is 5.99. The van der Waals surface area contributed by atoms with Gasteiger partial charge in [-0.3, -0.25) is 9.59 Å². The molecule has 2 fully saturated rings. The van der Waals surface area contributed by atoms with Crippen LogP contribution >= 0.6 is 0 Å². The molecule has 2 saturated heterocycles. The third-order valence-electron chi connectivity index (χ3n) is 4.68. The van der Waals surface area contributed by atoms with Crippen LogP contribution < -0.4 is 10.2 Å². The third kappa shape index (κ3) is 4.69. The van der Waals surface area contributed by atoms with Gasteiger partial charge in [-0.2, -0.15) is 0 Å². The van der Waals surface area contributed by atoms with E-state index < -0.39 is 0 Å². The third-order valence-corrected chi connectivity index (χ3v) is 4.68. The predicted octanol–water partition coefficient (Wildman–Crippen LogP) is 1.05. The summed E-state index contributed by atoms with van der Waals surface area (Å²) in [6.07, 6.45) is 5.53. The molecule has 0 spiro atoms. The van der Waals surface area contributed by atoms with Crippen molar-refractivity contribution >= 4 is 17.6 Å². The van der Waals surface area contributed by atoms with E-state index in [1.165, 1.54) is 6.42 Å². The van der Waals surface area contributed by atoms with Crippen molar-refractivity contribution in [2.24, 2.45) is 0 Å². The normalized spacial score (nSPS) is 18.1. The summed E-state index contributed by atoms with van der Waals surface area (Å²) in [6, 6.07) is 3.58. The largest absolute Gasteiger partial charge is 0.378 e. The molecule has 3 heterocycles. The summed E-state index contributed by atoms with van der Waals surface area (Å²) >= 11 is 0. The summed E-state index contributed by atoms with van der Waals surface area (Å²) < 4.78 is 5.25. The molecule has 0 saturated carbocycles. The van der Waals surface area contributed by atoms with Crippen LogP contribution in [0.2, 0.25) is 0 Å². The lowest BCUT2D eigenvalue weighted by Gasteiger charge is -2.29. The van der Waals surface area contributed by atoms with Crippen LogP contribution in [-0.2, 0) is 9.53 Å². The van der Waals surface area contributed by atoms with Gasteiger partial charge in [0, 0.05) is 45.3 Å². The number of carbonyl (C=O) groups is 2. The smallest absolute Gasteiger partial charge is 0.255 e. The molecule has 1 aromatic heterocycles. The molecule has 2 aliphatic heterocycles. The van der Waals surface area contributed by atoms with E-state index >= 15 is 0 Å². The van der Waals surface area contributed by atoms with E-state index in [0.29, 0.717) is 44.8 Å². The molecule has 0 atom stereocenters. The van der Waals surface area contributed by atoms with Crippen molar-refractivity contribution < 1.29 is 14.3 Å². The monoisotopic (exact) mass is 346 g/mol. The Morgan fingerprint density at radius 2 is 1.88 bits per heavy atom. The van der Waals surface area contributed by atoms with Gasteiger partial charge in [0.1, 0.15) is 5.82 Å². The summed E-state index contributed by atoms with van der Waals surface area (Å²) in [5, 5.41) is 2.86. The lowest BCUT2D eigenvalue weighted by molar-refractivity contribution is -0.135. The molecule has 7 heteroatoms. The standard InChI is InChI=1S/C18H26N4O3/c23-16(21-11-13-25-14-12-21)6-8-20-18(24)15-5-4-7-19-17(15)22-9-2-1-3-10-22/h4-5,7H,1-3,6,8-14H2,(H,20,24). The second-order valence-corrected chi connectivity index (χ2v) is 6.42. The first-order valence-electron chi connectivity index (χ1n) is 9.09. The highest BCUT2D eigenvalue weighted by Gasteiger charge is 2.20. The molecular weight excluding hydrogens is 320 g/mol. The second kappa shape index (κ2) is 8.80. The van der Waals surface area contributed by atoms with Crippen molar-refractivity contribution in [3.63, 3.8) is 0 Å². The number of ether oxygens (including phenoxy) is 1. The minimum Gasteiger partial charge on any atom is -0.378 e. The quantitative estimate of drug-likeness (QED) is 0.863. The van der Waals surface area contributed by atoms with Crippen LogP contribution in [0.4, 0.5) is 5.82 Å². The van der Waals surface area contributed by atoms with E-state index in [1.807, 2.05) is 0 Å². The minimum absolute atomic E-state index is 0.0611. The van der Waals surface area contributed by atoms with Gasteiger partial charge in [-0.25, -0.2) is 4.98 Å². The Kier molecular flexibility index (Phi) is 6.22. The van der Waals surface area contributed by atoms with Gasteiger partial charge in [0.05, 0.1) is 18.8 Å². The van der Waals surface area contributed by atoms with Gasteiger partial charge in [0.25, 0.3) is 5.91 Å². The molecule has 0 radical (unpaired) electrons. The average Bonchev–Trinajstić information content (AvgIpc) is 2.69. The number of carbonyl (C=O) groups excluding carboxylic acids is 2. The van der Waals surface area contributed by atoms with Crippen LogP contribution in [0.25, 0.3) is 0 Å². The number of piperidine rings is 1. The average molecular weight is 346 g/mol. The number of morpholine rings is 1. The van der Waals surface area contributed by atoms with E-state index in [9.17, 15) is 9.59 Å².